The van der Waals surface area contributed by atoms with Gasteiger partial charge < -0.3 is 19.0 Å². The summed E-state index contributed by atoms with van der Waals surface area (Å²) in [4.78, 5) is 0. The van der Waals surface area contributed by atoms with Crippen LogP contribution >= 0.6 is 0 Å². The quantitative estimate of drug-likeness (QED) is 0.629. The molecule has 1 aliphatic rings. The fourth-order valence-corrected chi connectivity index (χ4v) is 1.12. The maximum absolute atomic E-state index is 9.35. The number of hydrogen-bond donors (Lipinski definition) is 1. The Morgan fingerprint density at radius 3 is 1.85 bits per heavy atom. The van der Waals surface area contributed by atoms with Crippen molar-refractivity contribution in [1.82, 2.24) is 0 Å². The van der Waals surface area contributed by atoms with Gasteiger partial charge in [-0.15, -0.1) is 0 Å². The zero-order valence-electron chi connectivity index (χ0n) is 8.83. The van der Waals surface area contributed by atoms with E-state index in [-0.39, 0.29) is 0 Å². The van der Waals surface area contributed by atoms with Crippen LogP contribution in [0.25, 0.3) is 0 Å². The first-order chi connectivity index (χ1) is 5.80. The van der Waals surface area contributed by atoms with Crippen molar-refractivity contribution in [3.05, 3.63) is 0 Å². The molecule has 0 saturated carbocycles. The van der Waals surface area contributed by atoms with Crippen LogP contribution in [0.3, 0.4) is 0 Å². The van der Waals surface area contributed by atoms with Crippen LogP contribution in [-0.2, 0) is 14.0 Å². The lowest BCUT2D eigenvalue weighted by atomic mass is 9.49. The van der Waals surface area contributed by atoms with Gasteiger partial charge in [-0.1, -0.05) is 0 Å². The van der Waals surface area contributed by atoms with Gasteiger partial charge in [0.2, 0.25) is 0 Å². The predicted molar refractivity (Wildman–Crippen MR) is 51.1 cm³/mol. The fraction of sp³-hybridized carbons (Fsp3) is 1.00. The van der Waals surface area contributed by atoms with Gasteiger partial charge in [-0.3, -0.25) is 0 Å². The highest BCUT2D eigenvalue weighted by molar-refractivity contribution is 7.10. The molecule has 0 aromatic heterocycles. The second kappa shape index (κ2) is 3.28. The first-order valence-electron chi connectivity index (χ1n) is 4.37. The molecule has 1 heterocycles. The monoisotopic (exact) mass is 186 g/mol. The number of hydrogen-bond acceptors (Lipinski definition) is 4. The second-order valence-electron chi connectivity index (χ2n) is 4.25. The van der Waals surface area contributed by atoms with E-state index in [1.807, 2.05) is 27.7 Å². The molecule has 0 aromatic carbocycles. The van der Waals surface area contributed by atoms with Crippen molar-refractivity contribution in [2.75, 3.05) is 7.11 Å². The minimum Gasteiger partial charge on any atom is -0.429 e. The Balaban J connectivity index is 2.70. The normalized spacial score (nSPS) is 24.9. The smallest absolute Gasteiger partial charge is 0.429 e. The molecule has 0 aromatic rings. The van der Waals surface area contributed by atoms with Gasteiger partial charge in [0.15, 0.2) is 0 Å². The van der Waals surface area contributed by atoms with Crippen molar-refractivity contribution < 1.29 is 19.0 Å². The first kappa shape index (κ1) is 11.0. The SMILES string of the molecule is COB(O)B1OC(C)(C)C(C)(C)O1. The Hall–Kier alpha value is -0.0301. The third kappa shape index (κ3) is 1.91. The molecule has 6 heteroatoms. The van der Waals surface area contributed by atoms with E-state index in [4.69, 9.17) is 14.0 Å². The van der Waals surface area contributed by atoms with Crippen LogP contribution in [0.4, 0.5) is 0 Å². The van der Waals surface area contributed by atoms with Crippen molar-refractivity contribution in [3.63, 3.8) is 0 Å². The van der Waals surface area contributed by atoms with Gasteiger partial charge in [0.1, 0.15) is 0 Å². The van der Waals surface area contributed by atoms with Gasteiger partial charge in [0, 0.05) is 7.11 Å². The third-order valence-corrected chi connectivity index (χ3v) is 2.75. The number of rotatable bonds is 2. The largest absolute Gasteiger partial charge is 0.488 e. The Kier molecular flexibility index (Phi) is 2.78. The molecule has 0 bridgehead atoms. The maximum Gasteiger partial charge on any atom is 0.488 e. The van der Waals surface area contributed by atoms with Gasteiger partial charge in [-0.05, 0) is 27.7 Å². The summed E-state index contributed by atoms with van der Waals surface area (Å²) in [7, 11) is -0.313. The predicted octanol–water partition coefficient (Wildman–Crippen LogP) is 0.284. The van der Waals surface area contributed by atoms with E-state index < -0.39 is 25.2 Å². The van der Waals surface area contributed by atoms with E-state index in [2.05, 4.69) is 0 Å². The van der Waals surface area contributed by atoms with Crippen LogP contribution < -0.4 is 0 Å². The van der Waals surface area contributed by atoms with E-state index in [1.165, 1.54) is 7.11 Å². The third-order valence-electron chi connectivity index (χ3n) is 2.75. The van der Waals surface area contributed by atoms with E-state index >= 15 is 0 Å². The average Bonchev–Trinajstić information content (AvgIpc) is 2.20. The van der Waals surface area contributed by atoms with E-state index in [1.54, 1.807) is 0 Å². The molecule has 0 unspecified atom stereocenters. The standard InChI is InChI=1S/C7H16B2O4/c1-6(2)7(3,4)13-9(12-6)8(10)11-5/h10H,1-5H3. The average molecular weight is 186 g/mol. The summed E-state index contributed by atoms with van der Waals surface area (Å²) < 4.78 is 15.8. The Morgan fingerprint density at radius 1 is 1.15 bits per heavy atom. The molecule has 1 fully saturated rings. The lowest BCUT2D eigenvalue weighted by Gasteiger charge is -2.32. The summed E-state index contributed by atoms with van der Waals surface area (Å²) in [6, 6.07) is 0. The van der Waals surface area contributed by atoms with E-state index in [0.717, 1.165) is 0 Å². The molecule has 0 aliphatic carbocycles. The van der Waals surface area contributed by atoms with E-state index in [9.17, 15) is 5.02 Å². The van der Waals surface area contributed by atoms with Gasteiger partial charge in [0.05, 0.1) is 11.2 Å². The van der Waals surface area contributed by atoms with Crippen LogP contribution in [0, 0.1) is 0 Å². The molecule has 74 valence electrons. The van der Waals surface area contributed by atoms with Gasteiger partial charge in [-0.2, -0.15) is 0 Å². The van der Waals surface area contributed by atoms with Gasteiger partial charge in [0.25, 0.3) is 0 Å². The van der Waals surface area contributed by atoms with Crippen molar-refractivity contribution in [2.45, 2.75) is 38.9 Å². The highest BCUT2D eigenvalue weighted by atomic mass is 16.7. The molecule has 13 heavy (non-hydrogen) atoms. The molecular formula is C7H16B2O4. The maximum atomic E-state index is 9.35. The van der Waals surface area contributed by atoms with Crippen molar-refractivity contribution in [2.24, 2.45) is 0 Å². The summed E-state index contributed by atoms with van der Waals surface area (Å²) in [6.45, 7) is 7.70. The molecule has 0 amide bonds. The second-order valence-corrected chi connectivity index (χ2v) is 4.25. The zero-order valence-corrected chi connectivity index (χ0v) is 8.83. The Labute approximate surface area is 79.8 Å². The molecule has 1 N–H and O–H groups in total. The van der Waals surface area contributed by atoms with Gasteiger partial charge in [-0.25, -0.2) is 0 Å². The van der Waals surface area contributed by atoms with Gasteiger partial charge >= 0.3 is 14.0 Å². The minimum absolute atomic E-state index is 0.419. The highest BCUT2D eigenvalue weighted by Gasteiger charge is 2.55. The Morgan fingerprint density at radius 2 is 1.54 bits per heavy atom. The zero-order chi connectivity index (χ0) is 10.3. The topological polar surface area (TPSA) is 47.9 Å². The molecule has 0 atom stereocenters. The summed E-state index contributed by atoms with van der Waals surface area (Å²) in [6.07, 6.45) is 0. The van der Waals surface area contributed by atoms with Crippen molar-refractivity contribution in [1.29, 1.82) is 0 Å². The summed E-state index contributed by atoms with van der Waals surface area (Å²) in [5, 5.41) is 9.35. The fourth-order valence-electron chi connectivity index (χ4n) is 1.12. The molecule has 0 radical (unpaired) electrons. The van der Waals surface area contributed by atoms with Crippen LogP contribution in [-0.4, -0.2) is 37.4 Å². The lowest BCUT2D eigenvalue weighted by Crippen LogP contribution is -2.41. The Bertz CT molecular complexity index is 179. The van der Waals surface area contributed by atoms with E-state index in [0.29, 0.717) is 0 Å². The highest BCUT2D eigenvalue weighted by Crippen LogP contribution is 2.36. The molecule has 1 aliphatic heterocycles. The lowest BCUT2D eigenvalue weighted by molar-refractivity contribution is 0.00578. The summed E-state index contributed by atoms with van der Waals surface area (Å²) in [5.74, 6) is 0. The summed E-state index contributed by atoms with van der Waals surface area (Å²) in [5.41, 5.74) is -0.839. The molecule has 1 saturated heterocycles. The van der Waals surface area contributed by atoms with Crippen LogP contribution in [0.2, 0.25) is 0 Å². The molecule has 4 nitrogen and oxygen atoms in total. The van der Waals surface area contributed by atoms with Crippen molar-refractivity contribution >= 4 is 14.0 Å². The molecule has 0 spiro atoms. The molecular weight excluding hydrogens is 170 g/mol. The minimum atomic E-state index is -1.03. The van der Waals surface area contributed by atoms with Crippen LogP contribution in [0.1, 0.15) is 27.7 Å². The first-order valence-corrected chi connectivity index (χ1v) is 4.37. The molecule has 1 rings (SSSR count). The van der Waals surface area contributed by atoms with Crippen LogP contribution in [0.5, 0.6) is 0 Å². The van der Waals surface area contributed by atoms with Crippen LogP contribution in [0.15, 0.2) is 0 Å². The van der Waals surface area contributed by atoms with Crippen molar-refractivity contribution in [3.8, 4) is 0 Å². The summed E-state index contributed by atoms with van der Waals surface area (Å²) >= 11 is 0.